The second-order valence-electron chi connectivity index (χ2n) is 5.86. The molecular weight excluding hydrogens is 292 g/mol. The van der Waals surface area contributed by atoms with Crippen LogP contribution in [-0.2, 0) is 16.0 Å². The van der Waals surface area contributed by atoms with Crippen molar-refractivity contribution in [2.45, 2.75) is 19.3 Å². The predicted octanol–water partition coefficient (Wildman–Crippen LogP) is 2.21. The maximum absolute atomic E-state index is 12.2. The summed E-state index contributed by atoms with van der Waals surface area (Å²) in [6.45, 7) is 1.06. The van der Waals surface area contributed by atoms with Gasteiger partial charge in [0.1, 0.15) is 11.5 Å². The van der Waals surface area contributed by atoms with Crippen LogP contribution in [0.2, 0.25) is 0 Å². The monoisotopic (exact) mass is 312 g/mol. The second kappa shape index (κ2) is 6.69. The molecule has 1 aliphatic rings. The Morgan fingerprint density at radius 3 is 2.65 bits per heavy atom. The van der Waals surface area contributed by atoms with Gasteiger partial charge < -0.3 is 15.1 Å². The van der Waals surface area contributed by atoms with Gasteiger partial charge in [0.05, 0.1) is 5.92 Å². The van der Waals surface area contributed by atoms with E-state index in [9.17, 15) is 9.59 Å². The molecule has 2 amide bonds. The fourth-order valence-corrected chi connectivity index (χ4v) is 2.88. The third-order valence-corrected chi connectivity index (χ3v) is 4.25. The van der Waals surface area contributed by atoms with Crippen LogP contribution < -0.4 is 5.73 Å². The van der Waals surface area contributed by atoms with Gasteiger partial charge in [-0.2, -0.15) is 0 Å². The Balaban J connectivity index is 1.54. The number of hydrogen-bond donors (Lipinski definition) is 1. The molecular formula is C18H20N2O3. The fourth-order valence-electron chi connectivity index (χ4n) is 2.88. The molecule has 0 radical (unpaired) electrons. The lowest BCUT2D eigenvalue weighted by atomic mass is 10.1. The molecule has 0 unspecified atom stereocenters. The summed E-state index contributed by atoms with van der Waals surface area (Å²) in [7, 11) is 0. The average Bonchev–Trinajstić information content (AvgIpc) is 3.23. The molecule has 1 fully saturated rings. The van der Waals surface area contributed by atoms with Gasteiger partial charge in [0.25, 0.3) is 0 Å². The number of rotatable bonds is 5. The number of likely N-dealkylation sites (tertiary alicyclic amines) is 1. The van der Waals surface area contributed by atoms with Gasteiger partial charge >= 0.3 is 0 Å². The number of aryl methyl sites for hydroxylation is 1. The molecule has 1 atom stereocenters. The minimum Gasteiger partial charge on any atom is -0.461 e. The first kappa shape index (κ1) is 15.3. The number of carbonyl (C=O) groups excluding carboxylic acids is 2. The number of hydrogen-bond acceptors (Lipinski definition) is 3. The predicted molar refractivity (Wildman–Crippen MR) is 86.3 cm³/mol. The van der Waals surface area contributed by atoms with E-state index in [1.54, 1.807) is 4.90 Å². The normalized spacial score (nSPS) is 17.4. The molecule has 3 rings (SSSR count). The number of nitrogens with zero attached hydrogens (tertiary/aromatic N) is 1. The van der Waals surface area contributed by atoms with Crippen LogP contribution in [0.4, 0.5) is 0 Å². The average molecular weight is 312 g/mol. The lowest BCUT2D eigenvalue weighted by Crippen LogP contribution is -2.31. The van der Waals surface area contributed by atoms with E-state index in [0.717, 1.165) is 17.1 Å². The van der Waals surface area contributed by atoms with E-state index in [4.69, 9.17) is 10.2 Å². The van der Waals surface area contributed by atoms with Gasteiger partial charge in [-0.05, 0) is 18.6 Å². The van der Waals surface area contributed by atoms with Crippen LogP contribution >= 0.6 is 0 Å². The third kappa shape index (κ3) is 3.62. The van der Waals surface area contributed by atoms with E-state index in [0.29, 0.717) is 32.4 Å². The Morgan fingerprint density at radius 1 is 1.17 bits per heavy atom. The molecule has 2 aromatic rings. The fraction of sp³-hybridized carbons (Fsp3) is 0.333. The standard InChI is InChI=1S/C18H20N2O3/c19-18(22)14-10-11-20(12-14)17(21)9-7-15-6-8-16(23-15)13-4-2-1-3-5-13/h1-6,8,14H,7,9-12H2,(H2,19,22)/t14-/m1/s1. The summed E-state index contributed by atoms with van der Waals surface area (Å²) in [5, 5.41) is 0. The van der Waals surface area contributed by atoms with E-state index in [-0.39, 0.29) is 17.7 Å². The SMILES string of the molecule is NC(=O)[C@@H]1CCN(C(=O)CCc2ccc(-c3ccccc3)o2)C1. The van der Waals surface area contributed by atoms with Gasteiger partial charge in [0, 0.05) is 31.5 Å². The second-order valence-corrected chi connectivity index (χ2v) is 5.86. The molecule has 120 valence electrons. The van der Waals surface area contributed by atoms with E-state index in [2.05, 4.69) is 0 Å². The van der Waals surface area contributed by atoms with Crippen molar-refractivity contribution in [1.29, 1.82) is 0 Å². The summed E-state index contributed by atoms with van der Waals surface area (Å²) >= 11 is 0. The van der Waals surface area contributed by atoms with Crippen LogP contribution in [0, 0.1) is 5.92 Å². The lowest BCUT2D eigenvalue weighted by molar-refractivity contribution is -0.130. The zero-order valence-electron chi connectivity index (χ0n) is 12.9. The molecule has 1 aliphatic heterocycles. The van der Waals surface area contributed by atoms with Gasteiger partial charge in [-0.15, -0.1) is 0 Å². The van der Waals surface area contributed by atoms with Crippen molar-refractivity contribution in [3.05, 3.63) is 48.2 Å². The van der Waals surface area contributed by atoms with Crippen LogP contribution in [0.5, 0.6) is 0 Å². The highest BCUT2D eigenvalue weighted by Gasteiger charge is 2.29. The Hall–Kier alpha value is -2.56. The van der Waals surface area contributed by atoms with Crippen molar-refractivity contribution < 1.29 is 14.0 Å². The largest absolute Gasteiger partial charge is 0.461 e. The van der Waals surface area contributed by atoms with Crippen LogP contribution in [-0.4, -0.2) is 29.8 Å². The lowest BCUT2D eigenvalue weighted by Gasteiger charge is -2.15. The van der Waals surface area contributed by atoms with Crippen LogP contribution in [0.25, 0.3) is 11.3 Å². The van der Waals surface area contributed by atoms with E-state index < -0.39 is 0 Å². The number of furan rings is 1. The minimum absolute atomic E-state index is 0.0476. The number of primary amides is 1. The summed E-state index contributed by atoms with van der Waals surface area (Å²) in [4.78, 5) is 25.1. The highest BCUT2D eigenvalue weighted by molar-refractivity contribution is 5.81. The molecule has 0 aliphatic carbocycles. The maximum atomic E-state index is 12.2. The van der Waals surface area contributed by atoms with Crippen LogP contribution in [0.15, 0.2) is 46.9 Å². The molecule has 0 bridgehead atoms. The summed E-state index contributed by atoms with van der Waals surface area (Å²) in [6.07, 6.45) is 1.61. The summed E-state index contributed by atoms with van der Waals surface area (Å²) in [5.41, 5.74) is 6.31. The summed E-state index contributed by atoms with van der Waals surface area (Å²) in [6, 6.07) is 13.7. The van der Waals surface area contributed by atoms with Crippen molar-refractivity contribution >= 4 is 11.8 Å². The third-order valence-electron chi connectivity index (χ3n) is 4.25. The Kier molecular flexibility index (Phi) is 4.46. The van der Waals surface area contributed by atoms with E-state index >= 15 is 0 Å². The number of benzene rings is 1. The molecule has 1 aromatic heterocycles. The zero-order valence-corrected chi connectivity index (χ0v) is 12.9. The van der Waals surface area contributed by atoms with Gasteiger partial charge in [-0.3, -0.25) is 9.59 Å². The van der Waals surface area contributed by atoms with Crippen LogP contribution in [0.1, 0.15) is 18.6 Å². The van der Waals surface area contributed by atoms with Crippen molar-refractivity contribution in [2.24, 2.45) is 11.7 Å². The minimum atomic E-state index is -0.321. The molecule has 5 nitrogen and oxygen atoms in total. The van der Waals surface area contributed by atoms with E-state index in [1.807, 2.05) is 42.5 Å². The number of amides is 2. The van der Waals surface area contributed by atoms with Gasteiger partial charge in [-0.1, -0.05) is 30.3 Å². The van der Waals surface area contributed by atoms with Crippen molar-refractivity contribution in [1.82, 2.24) is 4.90 Å². The van der Waals surface area contributed by atoms with Crippen LogP contribution in [0.3, 0.4) is 0 Å². The molecule has 0 saturated carbocycles. The first-order valence-electron chi connectivity index (χ1n) is 7.84. The maximum Gasteiger partial charge on any atom is 0.223 e. The molecule has 5 heteroatoms. The Morgan fingerprint density at radius 2 is 1.96 bits per heavy atom. The molecule has 2 heterocycles. The van der Waals surface area contributed by atoms with E-state index in [1.165, 1.54) is 0 Å². The topological polar surface area (TPSA) is 76.5 Å². The highest BCUT2D eigenvalue weighted by Crippen LogP contribution is 2.23. The molecule has 23 heavy (non-hydrogen) atoms. The van der Waals surface area contributed by atoms with Crippen molar-refractivity contribution in [3.63, 3.8) is 0 Å². The van der Waals surface area contributed by atoms with Gasteiger partial charge in [0.15, 0.2) is 0 Å². The van der Waals surface area contributed by atoms with Crippen molar-refractivity contribution in [2.75, 3.05) is 13.1 Å². The quantitative estimate of drug-likeness (QED) is 0.919. The Labute approximate surface area is 135 Å². The number of nitrogens with two attached hydrogens (primary N) is 1. The number of carbonyl (C=O) groups is 2. The van der Waals surface area contributed by atoms with Crippen molar-refractivity contribution in [3.8, 4) is 11.3 Å². The molecule has 1 aromatic carbocycles. The van der Waals surface area contributed by atoms with Gasteiger partial charge in [-0.25, -0.2) is 0 Å². The summed E-state index contributed by atoms with van der Waals surface area (Å²) < 4.78 is 5.80. The first-order chi connectivity index (χ1) is 11.1. The smallest absolute Gasteiger partial charge is 0.223 e. The summed E-state index contributed by atoms with van der Waals surface area (Å²) in [5.74, 6) is 1.13. The highest BCUT2D eigenvalue weighted by atomic mass is 16.3. The zero-order chi connectivity index (χ0) is 16.2. The first-order valence-corrected chi connectivity index (χ1v) is 7.84. The molecule has 0 spiro atoms. The molecule has 2 N–H and O–H groups in total. The Bertz CT molecular complexity index is 693. The van der Waals surface area contributed by atoms with Gasteiger partial charge in [0.2, 0.25) is 11.8 Å². The molecule has 1 saturated heterocycles.